The molecule has 0 aromatic rings. The predicted octanol–water partition coefficient (Wildman–Crippen LogP) is 6.47. The molecule has 0 aromatic heterocycles. The van der Waals surface area contributed by atoms with Gasteiger partial charge in [0.15, 0.2) is 0 Å². The van der Waals surface area contributed by atoms with Gasteiger partial charge in [-0.25, -0.2) is 0 Å². The van der Waals surface area contributed by atoms with Gasteiger partial charge in [0.2, 0.25) is 0 Å². The molecule has 10 atom stereocenters. The summed E-state index contributed by atoms with van der Waals surface area (Å²) in [6, 6.07) is 0. The Morgan fingerprint density at radius 2 is 1.08 bits per heavy atom. The van der Waals surface area contributed by atoms with Crippen molar-refractivity contribution in [1.29, 1.82) is 0 Å². The maximum absolute atomic E-state index is 2.79. The highest BCUT2D eigenvalue weighted by molar-refractivity contribution is 5.13. The molecule has 0 spiro atoms. The Morgan fingerprint density at radius 3 is 1.88 bits per heavy atom. The summed E-state index contributed by atoms with van der Waals surface area (Å²) < 4.78 is 0. The Bertz CT molecular complexity index is 518. The standard InChI is InChI=1S/C24H36/c1-3-15-7-11-19(21-13-9-17(5-1)23(15)21)20-12-8-16-4-2-6-18-10-14-22(20)24(16)18/h7,11,15-24H,1-6,8-10,12-14H2. The van der Waals surface area contributed by atoms with Crippen LogP contribution in [0.25, 0.3) is 0 Å². The molecule has 0 saturated heterocycles. The lowest BCUT2D eigenvalue weighted by Crippen LogP contribution is -2.43. The van der Waals surface area contributed by atoms with E-state index >= 15 is 0 Å². The zero-order valence-electron chi connectivity index (χ0n) is 15.4. The summed E-state index contributed by atoms with van der Waals surface area (Å²) in [7, 11) is 0. The average Bonchev–Trinajstić information content (AvgIpc) is 3.24. The molecule has 0 N–H and O–H groups in total. The number of hydrogen-bond acceptors (Lipinski definition) is 0. The van der Waals surface area contributed by atoms with Crippen LogP contribution in [0.15, 0.2) is 12.2 Å². The fourth-order valence-corrected chi connectivity index (χ4v) is 9.48. The van der Waals surface area contributed by atoms with E-state index in [9.17, 15) is 0 Å². The van der Waals surface area contributed by atoms with Gasteiger partial charge in [-0.15, -0.1) is 0 Å². The van der Waals surface area contributed by atoms with Crippen LogP contribution in [-0.2, 0) is 0 Å². The van der Waals surface area contributed by atoms with Gasteiger partial charge in [0, 0.05) is 0 Å². The fourth-order valence-electron chi connectivity index (χ4n) is 9.48. The van der Waals surface area contributed by atoms with Crippen molar-refractivity contribution in [2.24, 2.45) is 59.2 Å². The zero-order valence-corrected chi connectivity index (χ0v) is 15.4. The summed E-state index contributed by atoms with van der Waals surface area (Å²) in [6.07, 6.45) is 24.4. The molecule has 5 fully saturated rings. The molecule has 5 saturated carbocycles. The van der Waals surface area contributed by atoms with Crippen molar-refractivity contribution in [1.82, 2.24) is 0 Å². The van der Waals surface area contributed by atoms with Crippen LogP contribution in [-0.4, -0.2) is 0 Å². The molecule has 0 nitrogen and oxygen atoms in total. The largest absolute Gasteiger partial charge is 0.0848 e. The molecule has 24 heavy (non-hydrogen) atoms. The summed E-state index contributed by atoms with van der Waals surface area (Å²) >= 11 is 0. The van der Waals surface area contributed by atoms with Crippen molar-refractivity contribution in [3.05, 3.63) is 12.2 Å². The Balaban J connectivity index is 1.30. The topological polar surface area (TPSA) is 0 Å². The summed E-state index contributed by atoms with van der Waals surface area (Å²) in [5.74, 6) is 10.9. The summed E-state index contributed by atoms with van der Waals surface area (Å²) in [5, 5.41) is 0. The number of hydrogen-bond donors (Lipinski definition) is 0. The summed E-state index contributed by atoms with van der Waals surface area (Å²) in [6.45, 7) is 0. The van der Waals surface area contributed by atoms with Crippen LogP contribution in [0.5, 0.6) is 0 Å². The first-order valence-corrected chi connectivity index (χ1v) is 11.6. The molecule has 6 aliphatic rings. The van der Waals surface area contributed by atoms with E-state index in [-0.39, 0.29) is 0 Å². The highest BCUT2D eigenvalue weighted by atomic mass is 14.6. The van der Waals surface area contributed by atoms with Gasteiger partial charge in [0.1, 0.15) is 0 Å². The maximum atomic E-state index is 2.79. The molecule has 0 radical (unpaired) electrons. The third-order valence-electron chi connectivity index (χ3n) is 10.1. The minimum atomic E-state index is 0.981. The second kappa shape index (κ2) is 5.62. The van der Waals surface area contributed by atoms with Crippen LogP contribution < -0.4 is 0 Å². The van der Waals surface area contributed by atoms with Gasteiger partial charge in [-0.2, -0.15) is 0 Å². The van der Waals surface area contributed by atoms with Gasteiger partial charge >= 0.3 is 0 Å². The second-order valence-electron chi connectivity index (χ2n) is 10.6. The van der Waals surface area contributed by atoms with E-state index in [0.29, 0.717) is 0 Å². The van der Waals surface area contributed by atoms with Gasteiger partial charge in [-0.3, -0.25) is 0 Å². The summed E-state index contributed by atoms with van der Waals surface area (Å²) in [4.78, 5) is 0. The van der Waals surface area contributed by atoms with E-state index in [0.717, 1.165) is 59.2 Å². The highest BCUT2D eigenvalue weighted by Crippen LogP contribution is 2.62. The molecule has 0 heterocycles. The van der Waals surface area contributed by atoms with Gasteiger partial charge in [0.25, 0.3) is 0 Å². The van der Waals surface area contributed by atoms with E-state index < -0.39 is 0 Å². The molecule has 0 aliphatic heterocycles. The first-order valence-electron chi connectivity index (χ1n) is 11.6. The smallest absolute Gasteiger partial charge is 0.0171 e. The van der Waals surface area contributed by atoms with E-state index in [4.69, 9.17) is 0 Å². The van der Waals surface area contributed by atoms with Crippen LogP contribution >= 0.6 is 0 Å². The fraction of sp³-hybridized carbons (Fsp3) is 0.917. The first-order chi connectivity index (χ1) is 11.9. The first kappa shape index (κ1) is 14.9. The molecule has 132 valence electrons. The molecular formula is C24H36. The number of allylic oxidation sites excluding steroid dienone is 2. The van der Waals surface area contributed by atoms with Crippen LogP contribution in [0.4, 0.5) is 0 Å². The molecular weight excluding hydrogens is 288 g/mol. The van der Waals surface area contributed by atoms with Crippen molar-refractivity contribution in [3.8, 4) is 0 Å². The van der Waals surface area contributed by atoms with Crippen LogP contribution in [0, 0.1) is 59.2 Å². The Kier molecular flexibility index (Phi) is 3.48. The van der Waals surface area contributed by atoms with Gasteiger partial charge in [0.05, 0.1) is 0 Å². The maximum Gasteiger partial charge on any atom is -0.0171 e. The molecule has 0 aromatic carbocycles. The minimum Gasteiger partial charge on any atom is -0.0848 e. The molecule has 0 heteroatoms. The Morgan fingerprint density at radius 1 is 0.458 bits per heavy atom. The highest BCUT2D eigenvalue weighted by Gasteiger charge is 2.54. The molecule has 6 aliphatic carbocycles. The van der Waals surface area contributed by atoms with Gasteiger partial charge < -0.3 is 0 Å². The molecule has 6 rings (SSSR count). The van der Waals surface area contributed by atoms with Crippen molar-refractivity contribution < 1.29 is 0 Å². The third kappa shape index (κ3) is 2.04. The lowest BCUT2D eigenvalue weighted by molar-refractivity contribution is 0.00837. The molecule has 10 unspecified atom stereocenters. The lowest BCUT2D eigenvalue weighted by Gasteiger charge is -2.50. The minimum absolute atomic E-state index is 0.981. The van der Waals surface area contributed by atoms with E-state index in [2.05, 4.69) is 12.2 Å². The van der Waals surface area contributed by atoms with E-state index in [1.165, 1.54) is 12.8 Å². The summed E-state index contributed by atoms with van der Waals surface area (Å²) in [5.41, 5.74) is 0. The van der Waals surface area contributed by atoms with Crippen LogP contribution in [0.2, 0.25) is 0 Å². The monoisotopic (exact) mass is 324 g/mol. The van der Waals surface area contributed by atoms with Crippen molar-refractivity contribution in [2.45, 2.75) is 77.0 Å². The van der Waals surface area contributed by atoms with E-state index in [1.807, 2.05) is 0 Å². The lowest BCUT2D eigenvalue weighted by atomic mass is 9.55. The van der Waals surface area contributed by atoms with Crippen molar-refractivity contribution in [2.75, 3.05) is 0 Å². The quantitative estimate of drug-likeness (QED) is 0.485. The van der Waals surface area contributed by atoms with Crippen molar-refractivity contribution >= 4 is 0 Å². The number of rotatable bonds is 1. The van der Waals surface area contributed by atoms with E-state index in [1.54, 1.807) is 64.2 Å². The van der Waals surface area contributed by atoms with Gasteiger partial charge in [-0.05, 0) is 104 Å². The third-order valence-corrected chi connectivity index (χ3v) is 10.1. The normalized spacial score (nSPS) is 58.3. The average molecular weight is 325 g/mol. The SMILES string of the molecule is C1=CC(C2CCC3CCCC4CCC2C34)C2CCC3CCCC1C32. The Labute approximate surface area is 148 Å². The second-order valence-corrected chi connectivity index (χ2v) is 10.6. The predicted molar refractivity (Wildman–Crippen MR) is 99.4 cm³/mol. The Hall–Kier alpha value is -0.260. The zero-order chi connectivity index (χ0) is 15.7. The van der Waals surface area contributed by atoms with Gasteiger partial charge in [-0.1, -0.05) is 44.3 Å². The van der Waals surface area contributed by atoms with Crippen molar-refractivity contribution in [3.63, 3.8) is 0 Å². The van der Waals surface area contributed by atoms with Crippen LogP contribution in [0.3, 0.4) is 0 Å². The molecule has 0 amide bonds. The van der Waals surface area contributed by atoms with Crippen LogP contribution in [0.1, 0.15) is 77.0 Å². The molecule has 0 bridgehead atoms.